The van der Waals surface area contributed by atoms with E-state index in [-0.39, 0.29) is 11.9 Å². The molecule has 0 amide bonds. The summed E-state index contributed by atoms with van der Waals surface area (Å²) in [6.45, 7) is 3.66. The number of carboxylic acid groups (broad SMARTS) is 1. The summed E-state index contributed by atoms with van der Waals surface area (Å²) in [6.07, 6.45) is 0. The highest BCUT2D eigenvalue weighted by atomic mass is 16.4. The minimum atomic E-state index is -0.915. The highest BCUT2D eigenvalue weighted by molar-refractivity contribution is 5.78. The van der Waals surface area contributed by atoms with Gasteiger partial charge in [-0.2, -0.15) is 4.98 Å². The summed E-state index contributed by atoms with van der Waals surface area (Å²) in [5.41, 5.74) is 1.35. The third-order valence-corrected chi connectivity index (χ3v) is 2.51. The first kappa shape index (κ1) is 11.4. The molecule has 5 heteroatoms. The Kier molecular flexibility index (Phi) is 2.99. The summed E-state index contributed by atoms with van der Waals surface area (Å²) in [4.78, 5) is 15.2. The molecule has 0 aliphatic rings. The summed E-state index contributed by atoms with van der Waals surface area (Å²) in [7, 11) is 0. The molecule has 1 atom stereocenters. The lowest BCUT2D eigenvalue weighted by molar-refractivity contribution is -0.138. The number of benzene rings is 1. The van der Waals surface area contributed by atoms with E-state index < -0.39 is 12.0 Å². The molecule has 0 saturated heterocycles. The minimum absolute atomic E-state index is 0.0532. The molecule has 2 N–H and O–H groups in total. The molecular weight excluding hydrogens is 220 g/mol. The van der Waals surface area contributed by atoms with Crippen LogP contribution in [0.4, 0.5) is 6.01 Å². The number of nitrogens with zero attached hydrogens (tertiary/aromatic N) is 1. The first-order valence-electron chi connectivity index (χ1n) is 5.43. The van der Waals surface area contributed by atoms with Crippen LogP contribution in [0.15, 0.2) is 28.7 Å². The van der Waals surface area contributed by atoms with Gasteiger partial charge in [-0.3, -0.25) is 0 Å². The molecule has 0 bridgehead atoms. The zero-order chi connectivity index (χ0) is 12.4. The number of fused-ring (bicyclic) bond motifs is 1. The maximum Gasteiger partial charge on any atom is 0.326 e. The Morgan fingerprint density at radius 2 is 2.12 bits per heavy atom. The number of rotatable bonds is 4. The number of nitrogens with one attached hydrogen (secondary N) is 1. The van der Waals surface area contributed by atoms with Gasteiger partial charge in [0.15, 0.2) is 5.58 Å². The lowest BCUT2D eigenvalue weighted by Crippen LogP contribution is -2.34. The van der Waals surface area contributed by atoms with Crippen LogP contribution in [-0.4, -0.2) is 22.1 Å². The van der Waals surface area contributed by atoms with Gasteiger partial charge < -0.3 is 14.8 Å². The fourth-order valence-electron chi connectivity index (χ4n) is 1.58. The van der Waals surface area contributed by atoms with Gasteiger partial charge in [0.25, 0.3) is 6.01 Å². The van der Waals surface area contributed by atoms with Gasteiger partial charge in [0.2, 0.25) is 0 Å². The molecule has 1 aromatic heterocycles. The van der Waals surface area contributed by atoms with Crippen LogP contribution in [0, 0.1) is 5.92 Å². The number of aliphatic carboxylic acids is 1. The molecular formula is C12H14N2O3. The van der Waals surface area contributed by atoms with Crippen LogP contribution in [-0.2, 0) is 4.79 Å². The highest BCUT2D eigenvalue weighted by Gasteiger charge is 2.23. The van der Waals surface area contributed by atoms with Crippen molar-refractivity contribution in [3.8, 4) is 0 Å². The normalized spacial score (nSPS) is 12.9. The van der Waals surface area contributed by atoms with E-state index in [1.165, 1.54) is 0 Å². The second-order valence-corrected chi connectivity index (χ2v) is 4.19. The SMILES string of the molecule is CC(C)C(Nc1nc2ccccc2o1)C(=O)O. The molecule has 1 heterocycles. The van der Waals surface area contributed by atoms with Crippen LogP contribution in [0.5, 0.6) is 0 Å². The molecule has 0 aliphatic heterocycles. The number of carbonyl (C=O) groups is 1. The molecule has 90 valence electrons. The minimum Gasteiger partial charge on any atom is -0.480 e. The van der Waals surface area contributed by atoms with Crippen LogP contribution < -0.4 is 5.32 Å². The first-order chi connectivity index (χ1) is 8.08. The van der Waals surface area contributed by atoms with Gasteiger partial charge in [-0.05, 0) is 18.1 Å². The van der Waals surface area contributed by atoms with Gasteiger partial charge >= 0.3 is 5.97 Å². The average molecular weight is 234 g/mol. The maximum absolute atomic E-state index is 11.0. The van der Waals surface area contributed by atoms with Crippen molar-refractivity contribution in [1.82, 2.24) is 4.98 Å². The van der Waals surface area contributed by atoms with Crippen LogP contribution in [0.25, 0.3) is 11.1 Å². The molecule has 0 saturated carbocycles. The van der Waals surface area contributed by atoms with E-state index in [1.807, 2.05) is 32.0 Å². The van der Waals surface area contributed by atoms with Gasteiger partial charge in [0, 0.05) is 0 Å². The number of oxazole rings is 1. The van der Waals surface area contributed by atoms with Crippen LogP contribution in [0.3, 0.4) is 0 Å². The molecule has 1 aromatic carbocycles. The molecule has 5 nitrogen and oxygen atoms in total. The highest BCUT2D eigenvalue weighted by Crippen LogP contribution is 2.19. The Bertz CT molecular complexity index is 500. The number of hydrogen-bond acceptors (Lipinski definition) is 4. The molecule has 0 aliphatic carbocycles. The van der Waals surface area contributed by atoms with Crippen molar-refractivity contribution in [2.75, 3.05) is 5.32 Å². The van der Waals surface area contributed by atoms with Gasteiger partial charge in [-0.1, -0.05) is 26.0 Å². The first-order valence-corrected chi connectivity index (χ1v) is 5.43. The number of para-hydroxylation sites is 2. The summed E-state index contributed by atoms with van der Waals surface area (Å²) in [5.74, 6) is -0.968. The van der Waals surface area contributed by atoms with E-state index in [0.717, 1.165) is 0 Å². The van der Waals surface area contributed by atoms with E-state index in [2.05, 4.69) is 10.3 Å². The van der Waals surface area contributed by atoms with E-state index >= 15 is 0 Å². The smallest absolute Gasteiger partial charge is 0.326 e. The van der Waals surface area contributed by atoms with Gasteiger partial charge in [-0.15, -0.1) is 0 Å². The Labute approximate surface area is 98.5 Å². The monoisotopic (exact) mass is 234 g/mol. The Morgan fingerprint density at radius 3 is 2.71 bits per heavy atom. The van der Waals surface area contributed by atoms with E-state index in [9.17, 15) is 4.79 Å². The standard InChI is InChI=1S/C12H14N2O3/c1-7(2)10(11(15)16)14-12-13-8-5-3-4-6-9(8)17-12/h3-7,10H,1-2H3,(H,13,14)(H,15,16). The van der Waals surface area contributed by atoms with Crippen molar-refractivity contribution in [3.63, 3.8) is 0 Å². The maximum atomic E-state index is 11.0. The fourth-order valence-corrected chi connectivity index (χ4v) is 1.58. The Balaban J connectivity index is 2.25. The number of carboxylic acids is 1. The van der Waals surface area contributed by atoms with Crippen molar-refractivity contribution in [2.24, 2.45) is 5.92 Å². The van der Waals surface area contributed by atoms with Gasteiger partial charge in [-0.25, -0.2) is 4.79 Å². The number of aromatic nitrogens is 1. The third kappa shape index (κ3) is 2.38. The molecule has 0 fully saturated rings. The van der Waals surface area contributed by atoms with Crippen molar-refractivity contribution < 1.29 is 14.3 Å². The summed E-state index contributed by atoms with van der Waals surface area (Å²) in [6, 6.07) is 6.84. The largest absolute Gasteiger partial charge is 0.480 e. The third-order valence-electron chi connectivity index (χ3n) is 2.51. The lowest BCUT2D eigenvalue weighted by Gasteiger charge is -2.15. The summed E-state index contributed by atoms with van der Waals surface area (Å²) in [5, 5.41) is 11.8. The molecule has 2 aromatic rings. The summed E-state index contributed by atoms with van der Waals surface area (Å²) >= 11 is 0. The van der Waals surface area contributed by atoms with E-state index in [0.29, 0.717) is 11.1 Å². The molecule has 1 unspecified atom stereocenters. The van der Waals surface area contributed by atoms with Crippen molar-refractivity contribution in [3.05, 3.63) is 24.3 Å². The lowest BCUT2D eigenvalue weighted by atomic mass is 10.1. The van der Waals surface area contributed by atoms with Crippen LogP contribution in [0.1, 0.15) is 13.8 Å². The van der Waals surface area contributed by atoms with Crippen molar-refractivity contribution >= 4 is 23.1 Å². The van der Waals surface area contributed by atoms with Crippen LogP contribution >= 0.6 is 0 Å². The molecule has 0 radical (unpaired) electrons. The van der Waals surface area contributed by atoms with E-state index in [1.54, 1.807) is 6.07 Å². The second-order valence-electron chi connectivity index (χ2n) is 4.19. The Hall–Kier alpha value is -2.04. The predicted octanol–water partition coefficient (Wildman–Crippen LogP) is 2.35. The van der Waals surface area contributed by atoms with Gasteiger partial charge in [0.05, 0.1) is 0 Å². The zero-order valence-corrected chi connectivity index (χ0v) is 9.68. The quantitative estimate of drug-likeness (QED) is 0.849. The number of anilines is 1. The summed E-state index contributed by atoms with van der Waals surface area (Å²) < 4.78 is 5.41. The molecule has 2 rings (SSSR count). The van der Waals surface area contributed by atoms with E-state index in [4.69, 9.17) is 9.52 Å². The topological polar surface area (TPSA) is 75.4 Å². The zero-order valence-electron chi connectivity index (χ0n) is 9.68. The fraction of sp³-hybridized carbons (Fsp3) is 0.333. The Morgan fingerprint density at radius 1 is 1.41 bits per heavy atom. The van der Waals surface area contributed by atoms with Gasteiger partial charge in [0.1, 0.15) is 11.6 Å². The second kappa shape index (κ2) is 4.45. The average Bonchev–Trinajstić information content (AvgIpc) is 2.67. The molecule has 17 heavy (non-hydrogen) atoms. The van der Waals surface area contributed by atoms with Crippen molar-refractivity contribution in [1.29, 1.82) is 0 Å². The predicted molar refractivity (Wildman–Crippen MR) is 63.9 cm³/mol. The van der Waals surface area contributed by atoms with Crippen LogP contribution in [0.2, 0.25) is 0 Å². The molecule has 0 spiro atoms. The number of hydrogen-bond donors (Lipinski definition) is 2. The van der Waals surface area contributed by atoms with Crippen molar-refractivity contribution in [2.45, 2.75) is 19.9 Å².